The lowest BCUT2D eigenvalue weighted by atomic mass is 10.0. The van der Waals surface area contributed by atoms with Crippen LogP contribution >= 0.6 is 22.6 Å². The molecule has 2 N–H and O–H groups in total. The predicted octanol–water partition coefficient (Wildman–Crippen LogP) is 2.73. The first-order chi connectivity index (χ1) is 8.08. The van der Waals surface area contributed by atoms with E-state index in [2.05, 4.69) is 58.9 Å². The molecular formula is C13H16IN3. The monoisotopic (exact) mass is 341 g/mol. The van der Waals surface area contributed by atoms with Crippen molar-refractivity contribution in [3.8, 4) is 0 Å². The minimum absolute atomic E-state index is 0.0217. The molecule has 0 bridgehead atoms. The summed E-state index contributed by atoms with van der Waals surface area (Å²) in [5, 5.41) is 4.37. The van der Waals surface area contributed by atoms with E-state index in [1.807, 2.05) is 24.0 Å². The number of hydrogen-bond donors (Lipinski definition) is 1. The van der Waals surface area contributed by atoms with Gasteiger partial charge in [0.2, 0.25) is 0 Å². The topological polar surface area (TPSA) is 43.8 Å². The Hall–Kier alpha value is -0.880. The van der Waals surface area contributed by atoms with Gasteiger partial charge in [0.05, 0.1) is 15.8 Å². The summed E-state index contributed by atoms with van der Waals surface area (Å²) in [5.74, 6) is 0. The Morgan fingerprint density at radius 3 is 2.41 bits per heavy atom. The average Bonchev–Trinajstić information content (AvgIpc) is 2.68. The number of aryl methyl sites for hydroxylation is 1. The second kappa shape index (κ2) is 5.18. The lowest BCUT2D eigenvalue weighted by Crippen LogP contribution is -2.30. The highest BCUT2D eigenvalue weighted by Gasteiger charge is 2.18. The van der Waals surface area contributed by atoms with Crippen molar-refractivity contribution in [1.29, 1.82) is 0 Å². The first-order valence-electron chi connectivity index (χ1n) is 5.59. The molecule has 0 saturated carbocycles. The summed E-state index contributed by atoms with van der Waals surface area (Å²) in [4.78, 5) is 0. The number of rotatable bonds is 3. The van der Waals surface area contributed by atoms with Crippen LogP contribution in [-0.2, 0) is 0 Å². The standard InChI is InChI=1S/C13H16IN3/c1-9-3-5-11(6-4-9)13(10(2)15)17-8-12(14)7-16-17/h3-8,10,13H,15H2,1-2H3. The summed E-state index contributed by atoms with van der Waals surface area (Å²) in [6.45, 7) is 4.10. The van der Waals surface area contributed by atoms with Crippen LogP contribution in [-0.4, -0.2) is 15.8 Å². The first-order valence-corrected chi connectivity index (χ1v) is 6.67. The predicted molar refractivity (Wildman–Crippen MR) is 77.9 cm³/mol. The maximum absolute atomic E-state index is 6.08. The molecule has 0 radical (unpaired) electrons. The smallest absolute Gasteiger partial charge is 0.0916 e. The van der Waals surface area contributed by atoms with Crippen LogP contribution in [0.4, 0.5) is 0 Å². The fourth-order valence-corrected chi connectivity index (χ4v) is 2.34. The van der Waals surface area contributed by atoms with Crippen LogP contribution in [0.5, 0.6) is 0 Å². The molecule has 4 heteroatoms. The number of hydrogen-bond acceptors (Lipinski definition) is 2. The Morgan fingerprint density at radius 1 is 1.29 bits per heavy atom. The van der Waals surface area contributed by atoms with E-state index in [1.54, 1.807) is 0 Å². The van der Waals surface area contributed by atoms with E-state index < -0.39 is 0 Å². The molecule has 2 atom stereocenters. The van der Waals surface area contributed by atoms with Gasteiger partial charge in [-0.2, -0.15) is 5.10 Å². The third kappa shape index (κ3) is 2.87. The lowest BCUT2D eigenvalue weighted by molar-refractivity contribution is 0.454. The molecule has 0 aliphatic heterocycles. The molecule has 0 aliphatic carbocycles. The van der Waals surface area contributed by atoms with Gasteiger partial charge in [0.1, 0.15) is 0 Å². The summed E-state index contributed by atoms with van der Waals surface area (Å²) in [5.41, 5.74) is 8.54. The fraction of sp³-hybridized carbons (Fsp3) is 0.308. The lowest BCUT2D eigenvalue weighted by Gasteiger charge is -2.22. The number of nitrogens with zero attached hydrogens (tertiary/aromatic N) is 2. The zero-order chi connectivity index (χ0) is 12.4. The van der Waals surface area contributed by atoms with E-state index in [-0.39, 0.29) is 12.1 Å². The van der Waals surface area contributed by atoms with Crippen LogP contribution in [0.15, 0.2) is 36.7 Å². The average molecular weight is 341 g/mol. The zero-order valence-corrected chi connectivity index (χ0v) is 12.1. The van der Waals surface area contributed by atoms with Gasteiger partial charge in [-0.05, 0) is 42.0 Å². The highest BCUT2D eigenvalue weighted by atomic mass is 127. The Bertz CT molecular complexity index is 488. The maximum atomic E-state index is 6.08. The summed E-state index contributed by atoms with van der Waals surface area (Å²) >= 11 is 2.26. The van der Waals surface area contributed by atoms with E-state index in [1.165, 1.54) is 11.1 Å². The van der Waals surface area contributed by atoms with Crippen molar-refractivity contribution in [2.75, 3.05) is 0 Å². The minimum atomic E-state index is 0.0217. The molecule has 0 aliphatic rings. The van der Waals surface area contributed by atoms with Crippen molar-refractivity contribution in [2.45, 2.75) is 25.9 Å². The molecule has 17 heavy (non-hydrogen) atoms. The van der Waals surface area contributed by atoms with Crippen LogP contribution in [0.3, 0.4) is 0 Å². The van der Waals surface area contributed by atoms with Gasteiger partial charge in [0.15, 0.2) is 0 Å². The van der Waals surface area contributed by atoms with Crippen molar-refractivity contribution < 1.29 is 0 Å². The third-order valence-electron chi connectivity index (χ3n) is 2.77. The molecule has 2 rings (SSSR count). The van der Waals surface area contributed by atoms with Gasteiger partial charge in [-0.25, -0.2) is 0 Å². The van der Waals surface area contributed by atoms with Gasteiger partial charge in [-0.3, -0.25) is 4.68 Å². The van der Waals surface area contributed by atoms with E-state index in [0.29, 0.717) is 0 Å². The van der Waals surface area contributed by atoms with Crippen LogP contribution in [0, 0.1) is 10.5 Å². The Morgan fingerprint density at radius 2 is 1.94 bits per heavy atom. The van der Waals surface area contributed by atoms with Gasteiger partial charge >= 0.3 is 0 Å². The minimum Gasteiger partial charge on any atom is -0.326 e. The van der Waals surface area contributed by atoms with Gasteiger partial charge < -0.3 is 5.73 Å². The quantitative estimate of drug-likeness (QED) is 0.873. The molecule has 0 amide bonds. The van der Waals surface area contributed by atoms with Crippen LogP contribution in [0.1, 0.15) is 24.1 Å². The second-order valence-electron chi connectivity index (χ2n) is 4.35. The van der Waals surface area contributed by atoms with E-state index in [0.717, 1.165) is 3.57 Å². The van der Waals surface area contributed by atoms with Crippen molar-refractivity contribution in [1.82, 2.24) is 9.78 Å². The van der Waals surface area contributed by atoms with Crippen molar-refractivity contribution in [3.63, 3.8) is 0 Å². The van der Waals surface area contributed by atoms with Gasteiger partial charge in [0.25, 0.3) is 0 Å². The zero-order valence-electron chi connectivity index (χ0n) is 9.97. The fourth-order valence-electron chi connectivity index (χ4n) is 1.93. The number of benzene rings is 1. The molecular weight excluding hydrogens is 325 g/mol. The van der Waals surface area contributed by atoms with Crippen LogP contribution in [0.25, 0.3) is 0 Å². The largest absolute Gasteiger partial charge is 0.326 e. The molecule has 0 saturated heterocycles. The van der Waals surface area contributed by atoms with Crippen LogP contribution < -0.4 is 5.73 Å². The Balaban J connectivity index is 2.39. The number of aromatic nitrogens is 2. The molecule has 1 aromatic heterocycles. The van der Waals surface area contributed by atoms with E-state index >= 15 is 0 Å². The molecule has 0 spiro atoms. The van der Waals surface area contributed by atoms with Crippen molar-refractivity contribution in [2.24, 2.45) is 5.73 Å². The molecule has 2 unspecified atom stereocenters. The normalized spacial score (nSPS) is 14.6. The van der Waals surface area contributed by atoms with E-state index in [9.17, 15) is 0 Å². The summed E-state index contributed by atoms with van der Waals surface area (Å²) in [6, 6.07) is 8.58. The SMILES string of the molecule is Cc1ccc(C(C(C)N)n2cc(I)cn2)cc1. The molecule has 1 heterocycles. The number of halogens is 1. The third-order valence-corrected chi connectivity index (χ3v) is 3.33. The molecule has 2 aromatic rings. The van der Waals surface area contributed by atoms with E-state index in [4.69, 9.17) is 5.73 Å². The summed E-state index contributed by atoms with van der Waals surface area (Å²) in [7, 11) is 0. The molecule has 1 aromatic carbocycles. The van der Waals surface area contributed by atoms with Crippen molar-refractivity contribution in [3.05, 3.63) is 51.4 Å². The second-order valence-corrected chi connectivity index (χ2v) is 5.60. The molecule has 0 fully saturated rings. The van der Waals surface area contributed by atoms with Gasteiger partial charge in [0, 0.05) is 12.2 Å². The Kier molecular flexibility index (Phi) is 3.83. The van der Waals surface area contributed by atoms with Gasteiger partial charge in [-0.15, -0.1) is 0 Å². The number of nitrogens with two attached hydrogens (primary N) is 1. The van der Waals surface area contributed by atoms with Crippen LogP contribution in [0.2, 0.25) is 0 Å². The highest BCUT2D eigenvalue weighted by Crippen LogP contribution is 2.21. The summed E-state index contributed by atoms with van der Waals surface area (Å²) in [6.07, 6.45) is 3.87. The molecule has 90 valence electrons. The molecule has 3 nitrogen and oxygen atoms in total. The van der Waals surface area contributed by atoms with Crippen molar-refractivity contribution >= 4 is 22.6 Å². The first kappa shape index (κ1) is 12.6. The van der Waals surface area contributed by atoms with Gasteiger partial charge in [-0.1, -0.05) is 29.8 Å². The summed E-state index contributed by atoms with van der Waals surface area (Å²) < 4.78 is 3.07. The Labute approximate surface area is 115 Å². The highest BCUT2D eigenvalue weighted by molar-refractivity contribution is 14.1. The maximum Gasteiger partial charge on any atom is 0.0916 e.